The van der Waals surface area contributed by atoms with Gasteiger partial charge in [0.25, 0.3) is 0 Å². The highest BCUT2D eigenvalue weighted by Crippen LogP contribution is 2.16. The lowest BCUT2D eigenvalue weighted by atomic mass is 10.2. The zero-order valence-corrected chi connectivity index (χ0v) is 13.2. The summed E-state index contributed by atoms with van der Waals surface area (Å²) in [5.41, 5.74) is 0.879. The summed E-state index contributed by atoms with van der Waals surface area (Å²) in [5.74, 6) is 0. The minimum absolute atomic E-state index is 0.308. The maximum absolute atomic E-state index is 11.6. The van der Waals surface area contributed by atoms with Crippen LogP contribution in [0.25, 0.3) is 11.0 Å². The summed E-state index contributed by atoms with van der Waals surface area (Å²) in [4.78, 5) is 20.2. The third-order valence-electron chi connectivity index (χ3n) is 2.38. The van der Waals surface area contributed by atoms with Crippen molar-refractivity contribution in [2.24, 2.45) is 0 Å². The second-order valence-corrected chi connectivity index (χ2v) is 6.27. The number of nitrogens with zero attached hydrogens (tertiary/aromatic N) is 2. The summed E-state index contributed by atoms with van der Waals surface area (Å²) in [5, 5.41) is 3.62. The molecule has 0 spiro atoms. The monoisotopic (exact) mass is 337 g/mol. The molecule has 2 rings (SSSR count). The molecule has 0 aliphatic heterocycles. The molecule has 0 aliphatic carbocycles. The average molecular weight is 338 g/mol. The zero-order chi connectivity index (χ0) is 14.8. The Morgan fingerprint density at radius 3 is 2.85 bits per heavy atom. The van der Waals surface area contributed by atoms with Crippen LogP contribution in [-0.2, 0) is 11.3 Å². The second kappa shape index (κ2) is 5.75. The number of rotatable bonds is 2. The van der Waals surface area contributed by atoms with Crippen molar-refractivity contribution < 1.29 is 9.53 Å². The number of aromatic nitrogens is 2. The van der Waals surface area contributed by atoms with E-state index in [4.69, 9.17) is 4.74 Å². The Morgan fingerprint density at radius 1 is 1.40 bits per heavy atom. The number of alkyl carbamates (subject to hydrolysis) is 1. The molecule has 6 heteroatoms. The molecule has 1 amide bonds. The predicted octanol–water partition coefficient (Wildman–Crippen LogP) is 3.42. The molecule has 2 aromatic rings. The van der Waals surface area contributed by atoms with Gasteiger partial charge >= 0.3 is 6.09 Å². The van der Waals surface area contributed by atoms with Crippen LogP contribution in [0.15, 0.2) is 28.9 Å². The Morgan fingerprint density at radius 2 is 2.15 bits per heavy atom. The van der Waals surface area contributed by atoms with Crippen LogP contribution < -0.4 is 5.32 Å². The van der Waals surface area contributed by atoms with Crippen molar-refractivity contribution >= 4 is 33.1 Å². The van der Waals surface area contributed by atoms with Gasteiger partial charge in [0.15, 0.2) is 5.65 Å². The van der Waals surface area contributed by atoms with Crippen LogP contribution in [0.1, 0.15) is 26.5 Å². The molecule has 0 unspecified atom stereocenters. The quantitative estimate of drug-likeness (QED) is 0.911. The fraction of sp³-hybridized carbons (Fsp3) is 0.357. The van der Waals surface area contributed by atoms with E-state index in [1.807, 2.05) is 39.0 Å². The maximum Gasteiger partial charge on any atom is 0.407 e. The summed E-state index contributed by atoms with van der Waals surface area (Å²) < 4.78 is 6.07. The van der Waals surface area contributed by atoms with Crippen LogP contribution in [0, 0.1) is 0 Å². The Labute approximate surface area is 125 Å². The fourth-order valence-corrected chi connectivity index (χ4v) is 1.95. The molecule has 0 bridgehead atoms. The largest absolute Gasteiger partial charge is 0.444 e. The maximum atomic E-state index is 11.6. The lowest BCUT2D eigenvalue weighted by molar-refractivity contribution is 0.0523. The number of ether oxygens (including phenoxy) is 1. The molecule has 5 nitrogen and oxygen atoms in total. The van der Waals surface area contributed by atoms with Gasteiger partial charge in [-0.3, -0.25) is 0 Å². The molecule has 1 N–H and O–H groups in total. The third-order valence-corrected chi connectivity index (χ3v) is 2.81. The van der Waals surface area contributed by atoms with Crippen molar-refractivity contribution in [2.45, 2.75) is 32.9 Å². The Kier molecular flexibility index (Phi) is 4.23. The van der Waals surface area contributed by atoms with Crippen molar-refractivity contribution in [3.8, 4) is 0 Å². The second-order valence-electron chi connectivity index (χ2n) is 5.36. The number of fused-ring (bicyclic) bond motifs is 1. The molecule has 20 heavy (non-hydrogen) atoms. The molecule has 106 valence electrons. The average Bonchev–Trinajstić information content (AvgIpc) is 2.34. The molecule has 0 saturated carbocycles. The standard InChI is InChI=1S/C14H16BrN3O2/c1-14(2,3)20-13(19)17-8-11-5-4-9-6-10(15)7-16-12(9)18-11/h4-7H,8H2,1-3H3,(H,17,19). The number of carbonyl (C=O) groups excluding carboxylic acids is 1. The van der Waals surface area contributed by atoms with E-state index in [1.54, 1.807) is 6.20 Å². The first-order chi connectivity index (χ1) is 9.33. The highest BCUT2D eigenvalue weighted by atomic mass is 79.9. The summed E-state index contributed by atoms with van der Waals surface area (Å²) in [6.07, 6.45) is 1.24. The van der Waals surface area contributed by atoms with Gasteiger partial charge in [0.2, 0.25) is 0 Å². The smallest absolute Gasteiger partial charge is 0.407 e. The van der Waals surface area contributed by atoms with Crippen molar-refractivity contribution in [2.75, 3.05) is 0 Å². The number of halogens is 1. The van der Waals surface area contributed by atoms with Gasteiger partial charge in [-0.05, 0) is 54.9 Å². The van der Waals surface area contributed by atoms with Gasteiger partial charge in [0, 0.05) is 16.1 Å². The molecule has 0 saturated heterocycles. The number of pyridine rings is 2. The van der Waals surface area contributed by atoms with E-state index >= 15 is 0 Å². The van der Waals surface area contributed by atoms with Crippen molar-refractivity contribution in [3.05, 3.63) is 34.6 Å². The number of hydrogen-bond donors (Lipinski definition) is 1. The van der Waals surface area contributed by atoms with Crippen LogP contribution in [-0.4, -0.2) is 21.7 Å². The minimum atomic E-state index is -0.505. The first-order valence-electron chi connectivity index (χ1n) is 6.21. The minimum Gasteiger partial charge on any atom is -0.444 e. The zero-order valence-electron chi connectivity index (χ0n) is 11.6. The Hall–Kier alpha value is -1.69. The number of amides is 1. The molecule has 0 aromatic carbocycles. The summed E-state index contributed by atoms with van der Waals surface area (Å²) in [6.45, 7) is 5.77. The van der Waals surface area contributed by atoms with Gasteiger partial charge in [-0.2, -0.15) is 0 Å². The van der Waals surface area contributed by atoms with E-state index in [2.05, 4.69) is 31.2 Å². The van der Waals surface area contributed by atoms with Gasteiger partial charge in [-0.25, -0.2) is 14.8 Å². The molecular weight excluding hydrogens is 322 g/mol. The van der Waals surface area contributed by atoms with Gasteiger partial charge in [-0.1, -0.05) is 0 Å². The van der Waals surface area contributed by atoms with E-state index in [0.29, 0.717) is 12.2 Å². The summed E-state index contributed by atoms with van der Waals surface area (Å²) >= 11 is 3.36. The van der Waals surface area contributed by atoms with Gasteiger partial charge in [0.1, 0.15) is 5.60 Å². The van der Waals surface area contributed by atoms with E-state index in [-0.39, 0.29) is 0 Å². The molecule has 2 aromatic heterocycles. The third kappa shape index (κ3) is 4.16. The SMILES string of the molecule is CC(C)(C)OC(=O)NCc1ccc2cc(Br)cnc2n1. The van der Waals surface area contributed by atoms with E-state index in [1.165, 1.54) is 0 Å². The van der Waals surface area contributed by atoms with E-state index < -0.39 is 11.7 Å². The van der Waals surface area contributed by atoms with Crippen LogP contribution in [0.3, 0.4) is 0 Å². The molecule has 0 fully saturated rings. The molecule has 2 heterocycles. The number of carbonyl (C=O) groups is 1. The fourth-order valence-electron chi connectivity index (χ4n) is 1.60. The molecule has 0 atom stereocenters. The lowest BCUT2D eigenvalue weighted by Gasteiger charge is -2.19. The van der Waals surface area contributed by atoms with Crippen LogP contribution in [0.5, 0.6) is 0 Å². The Bertz CT molecular complexity index is 638. The van der Waals surface area contributed by atoms with Crippen LogP contribution in [0.4, 0.5) is 4.79 Å². The van der Waals surface area contributed by atoms with E-state index in [0.717, 1.165) is 15.6 Å². The highest BCUT2D eigenvalue weighted by molar-refractivity contribution is 9.10. The van der Waals surface area contributed by atoms with Crippen LogP contribution >= 0.6 is 15.9 Å². The molecule has 0 radical (unpaired) electrons. The highest BCUT2D eigenvalue weighted by Gasteiger charge is 2.15. The normalized spacial score (nSPS) is 11.4. The van der Waals surface area contributed by atoms with Crippen molar-refractivity contribution in [3.63, 3.8) is 0 Å². The predicted molar refractivity (Wildman–Crippen MR) is 80.3 cm³/mol. The summed E-state index contributed by atoms with van der Waals surface area (Å²) in [6, 6.07) is 5.72. The first kappa shape index (κ1) is 14.7. The molecule has 0 aliphatic rings. The van der Waals surface area contributed by atoms with Gasteiger partial charge in [-0.15, -0.1) is 0 Å². The number of nitrogens with one attached hydrogen (secondary N) is 1. The summed E-state index contributed by atoms with van der Waals surface area (Å²) in [7, 11) is 0. The Balaban J connectivity index is 2.03. The van der Waals surface area contributed by atoms with E-state index in [9.17, 15) is 4.79 Å². The molecular formula is C14H16BrN3O2. The van der Waals surface area contributed by atoms with Crippen LogP contribution in [0.2, 0.25) is 0 Å². The van der Waals surface area contributed by atoms with Crippen molar-refractivity contribution in [1.29, 1.82) is 0 Å². The first-order valence-corrected chi connectivity index (χ1v) is 7.01. The van der Waals surface area contributed by atoms with Gasteiger partial charge < -0.3 is 10.1 Å². The van der Waals surface area contributed by atoms with Crippen molar-refractivity contribution in [1.82, 2.24) is 15.3 Å². The number of hydrogen-bond acceptors (Lipinski definition) is 4. The topological polar surface area (TPSA) is 64.1 Å². The van der Waals surface area contributed by atoms with Gasteiger partial charge in [0.05, 0.1) is 12.2 Å². The lowest BCUT2D eigenvalue weighted by Crippen LogP contribution is -2.32.